The first-order valence-corrected chi connectivity index (χ1v) is 13.7. The van der Waals surface area contributed by atoms with E-state index >= 15 is 0 Å². The van der Waals surface area contributed by atoms with Crippen LogP contribution in [0.5, 0.6) is 5.75 Å². The molecule has 3 heterocycles. The first-order chi connectivity index (χ1) is 18.6. The lowest BCUT2D eigenvalue weighted by atomic mass is 9.95. The number of rotatable bonds is 6. The van der Waals surface area contributed by atoms with E-state index in [4.69, 9.17) is 14.8 Å². The van der Waals surface area contributed by atoms with Crippen molar-refractivity contribution in [3.8, 4) is 17.1 Å². The minimum atomic E-state index is -0.143. The molecule has 0 saturated heterocycles. The summed E-state index contributed by atoms with van der Waals surface area (Å²) in [5, 5.41) is 4.75. The Kier molecular flexibility index (Phi) is 6.85. The number of benzene rings is 2. The highest BCUT2D eigenvalue weighted by Crippen LogP contribution is 2.34. The van der Waals surface area contributed by atoms with Gasteiger partial charge in [-0.25, -0.2) is 4.98 Å². The van der Waals surface area contributed by atoms with Crippen LogP contribution in [0.4, 0.5) is 0 Å². The van der Waals surface area contributed by atoms with Gasteiger partial charge in [0.05, 0.1) is 24.4 Å². The lowest BCUT2D eigenvalue weighted by Gasteiger charge is -2.26. The predicted octanol–water partition coefficient (Wildman–Crippen LogP) is 5.90. The van der Waals surface area contributed by atoms with Crippen LogP contribution < -0.4 is 10.3 Å². The Labute approximate surface area is 223 Å². The largest absolute Gasteiger partial charge is 0.496 e. The maximum absolute atomic E-state index is 13.3. The maximum atomic E-state index is 13.3. The van der Waals surface area contributed by atoms with Gasteiger partial charge in [-0.05, 0) is 55.0 Å². The monoisotopic (exact) mass is 509 g/mol. The van der Waals surface area contributed by atoms with Crippen molar-refractivity contribution in [2.24, 2.45) is 0 Å². The summed E-state index contributed by atoms with van der Waals surface area (Å²) in [6.07, 6.45) is 9.04. The molecule has 1 aliphatic carbocycles. The summed E-state index contributed by atoms with van der Waals surface area (Å²) in [6.45, 7) is 4.84. The molecule has 0 atom stereocenters. The molecule has 0 bridgehead atoms. The SMILES string of the molecule is COc1cc(C2=CCN(Cc3ccccc3)CC2)ccc1-c1nc2c(C)nn(C3CCCCC3)c2c(=O)[nH]1. The molecule has 1 N–H and O–H groups in total. The fraction of sp³-hybridized carbons (Fsp3) is 0.387. The van der Waals surface area contributed by atoms with Gasteiger partial charge < -0.3 is 9.72 Å². The maximum Gasteiger partial charge on any atom is 0.277 e. The van der Waals surface area contributed by atoms with Crippen LogP contribution in [-0.4, -0.2) is 44.8 Å². The molecule has 1 fully saturated rings. The Hall–Kier alpha value is -3.71. The van der Waals surface area contributed by atoms with Gasteiger partial charge in [-0.15, -0.1) is 0 Å². The molecule has 4 aromatic rings. The van der Waals surface area contributed by atoms with Crippen LogP contribution in [-0.2, 0) is 6.54 Å². The number of methoxy groups -OCH3 is 1. The lowest BCUT2D eigenvalue weighted by molar-refractivity contribution is 0.294. The number of aryl methyl sites for hydroxylation is 1. The molecule has 7 heteroatoms. The standard InChI is InChI=1S/C31H35N5O2/c1-21-28-29(36(34-21)25-11-7-4-8-12-25)31(37)33-30(32-28)26-14-13-24(19-27(26)38-2)23-15-17-35(18-16-23)20-22-9-5-3-6-10-22/h3,5-6,9-10,13-15,19,25H,4,7-8,11-12,16-18,20H2,1-2H3,(H,32,33,37). The summed E-state index contributed by atoms with van der Waals surface area (Å²) in [6, 6.07) is 17.1. The Morgan fingerprint density at radius 2 is 1.89 bits per heavy atom. The van der Waals surface area contributed by atoms with Crippen LogP contribution >= 0.6 is 0 Å². The Bertz CT molecular complexity index is 1530. The van der Waals surface area contributed by atoms with Gasteiger partial charge >= 0.3 is 0 Å². The van der Waals surface area contributed by atoms with Gasteiger partial charge in [0.15, 0.2) is 5.52 Å². The van der Waals surface area contributed by atoms with E-state index in [1.807, 2.05) is 17.7 Å². The molecule has 0 unspecified atom stereocenters. The van der Waals surface area contributed by atoms with E-state index in [0.717, 1.165) is 55.7 Å². The lowest BCUT2D eigenvalue weighted by Crippen LogP contribution is -2.27. The van der Waals surface area contributed by atoms with Gasteiger partial charge in [-0.1, -0.05) is 61.7 Å². The molecular weight excluding hydrogens is 474 g/mol. The van der Waals surface area contributed by atoms with E-state index in [1.54, 1.807) is 7.11 Å². The zero-order chi connectivity index (χ0) is 26.1. The Balaban J connectivity index is 1.27. The minimum Gasteiger partial charge on any atom is -0.496 e. The number of ether oxygens (including phenoxy) is 1. The van der Waals surface area contributed by atoms with Crippen molar-refractivity contribution in [1.82, 2.24) is 24.6 Å². The molecule has 2 aliphatic rings. The predicted molar refractivity (Wildman–Crippen MR) is 151 cm³/mol. The number of nitrogens with one attached hydrogen (secondary N) is 1. The number of hydrogen-bond acceptors (Lipinski definition) is 5. The van der Waals surface area contributed by atoms with Gasteiger partial charge in [-0.2, -0.15) is 5.10 Å². The van der Waals surface area contributed by atoms with Crippen molar-refractivity contribution < 1.29 is 4.74 Å². The summed E-state index contributed by atoms with van der Waals surface area (Å²) in [5.74, 6) is 1.22. The summed E-state index contributed by atoms with van der Waals surface area (Å²) in [5.41, 5.74) is 6.50. The number of H-pyrrole nitrogens is 1. The minimum absolute atomic E-state index is 0.143. The molecule has 0 spiro atoms. The van der Waals surface area contributed by atoms with Crippen LogP contribution in [0.15, 0.2) is 59.4 Å². The highest BCUT2D eigenvalue weighted by molar-refractivity contribution is 5.80. The molecule has 7 nitrogen and oxygen atoms in total. The number of hydrogen-bond donors (Lipinski definition) is 1. The second-order valence-electron chi connectivity index (χ2n) is 10.5. The van der Waals surface area contributed by atoms with Gasteiger partial charge in [-0.3, -0.25) is 14.4 Å². The van der Waals surface area contributed by atoms with Crippen molar-refractivity contribution in [2.45, 2.75) is 58.0 Å². The van der Waals surface area contributed by atoms with Crippen LogP contribution in [0.2, 0.25) is 0 Å². The normalized spacial score (nSPS) is 17.1. The van der Waals surface area contributed by atoms with Crippen LogP contribution in [0.1, 0.15) is 61.4 Å². The molecule has 2 aromatic heterocycles. The topological polar surface area (TPSA) is 76.0 Å². The fourth-order valence-electron chi connectivity index (χ4n) is 5.95. The quantitative estimate of drug-likeness (QED) is 0.350. The summed E-state index contributed by atoms with van der Waals surface area (Å²) in [4.78, 5) is 23.7. The van der Waals surface area contributed by atoms with Crippen molar-refractivity contribution in [2.75, 3.05) is 20.2 Å². The van der Waals surface area contributed by atoms with Crippen molar-refractivity contribution in [3.63, 3.8) is 0 Å². The summed E-state index contributed by atoms with van der Waals surface area (Å²) >= 11 is 0. The first kappa shape index (κ1) is 24.6. The van der Waals surface area contributed by atoms with Crippen LogP contribution in [0.3, 0.4) is 0 Å². The highest BCUT2D eigenvalue weighted by atomic mass is 16.5. The Morgan fingerprint density at radius 1 is 1.08 bits per heavy atom. The van der Waals surface area contributed by atoms with Crippen molar-refractivity contribution in [3.05, 3.63) is 81.8 Å². The van der Waals surface area contributed by atoms with E-state index in [1.165, 1.54) is 30.4 Å². The van der Waals surface area contributed by atoms with Crippen LogP contribution in [0, 0.1) is 6.92 Å². The molecule has 2 aromatic carbocycles. The number of aromatic nitrogens is 4. The average molecular weight is 510 g/mol. The molecule has 0 amide bonds. The second-order valence-corrected chi connectivity index (χ2v) is 10.5. The number of nitrogens with zero attached hydrogens (tertiary/aromatic N) is 4. The first-order valence-electron chi connectivity index (χ1n) is 13.7. The second kappa shape index (κ2) is 10.6. The van der Waals surface area contributed by atoms with E-state index in [0.29, 0.717) is 22.6 Å². The third kappa shape index (κ3) is 4.78. The van der Waals surface area contributed by atoms with Crippen molar-refractivity contribution in [1.29, 1.82) is 0 Å². The highest BCUT2D eigenvalue weighted by Gasteiger charge is 2.23. The van der Waals surface area contributed by atoms with Gasteiger partial charge in [0.25, 0.3) is 5.56 Å². The van der Waals surface area contributed by atoms with Crippen LogP contribution in [0.25, 0.3) is 28.0 Å². The van der Waals surface area contributed by atoms with E-state index in [9.17, 15) is 4.79 Å². The van der Waals surface area contributed by atoms with E-state index in [-0.39, 0.29) is 11.6 Å². The summed E-state index contributed by atoms with van der Waals surface area (Å²) < 4.78 is 7.72. The third-order valence-electron chi connectivity index (χ3n) is 8.01. The van der Waals surface area contributed by atoms with Gasteiger partial charge in [0.2, 0.25) is 0 Å². The fourth-order valence-corrected chi connectivity index (χ4v) is 5.95. The third-order valence-corrected chi connectivity index (χ3v) is 8.01. The number of fused-ring (bicyclic) bond motifs is 1. The molecule has 38 heavy (non-hydrogen) atoms. The molecule has 1 aliphatic heterocycles. The van der Waals surface area contributed by atoms with E-state index < -0.39 is 0 Å². The zero-order valence-electron chi connectivity index (χ0n) is 22.2. The zero-order valence-corrected chi connectivity index (χ0v) is 22.2. The number of aromatic amines is 1. The molecule has 6 rings (SSSR count). The van der Waals surface area contributed by atoms with E-state index in [2.05, 4.69) is 58.4 Å². The average Bonchev–Trinajstić information content (AvgIpc) is 3.31. The van der Waals surface area contributed by atoms with Crippen molar-refractivity contribution >= 4 is 16.6 Å². The Morgan fingerprint density at radius 3 is 2.63 bits per heavy atom. The van der Waals surface area contributed by atoms with Gasteiger partial charge in [0.1, 0.15) is 17.1 Å². The smallest absolute Gasteiger partial charge is 0.277 e. The molecular formula is C31H35N5O2. The van der Waals surface area contributed by atoms with Gasteiger partial charge in [0, 0.05) is 19.6 Å². The molecule has 196 valence electrons. The summed E-state index contributed by atoms with van der Waals surface area (Å²) in [7, 11) is 1.67. The molecule has 1 saturated carbocycles. The molecule has 0 radical (unpaired) electrons.